The van der Waals surface area contributed by atoms with Gasteiger partial charge >= 0.3 is 0 Å². The standard InChI is InChI=1S/C14H17N5O/c1-8-4-5-11(6-9(8)2)17-13(15)19-14-16-10(3)7-12(20)18-14/h4-7H,1-3H3,(H4,15,16,17,18,19,20). The summed E-state index contributed by atoms with van der Waals surface area (Å²) in [6.07, 6.45) is 0. The van der Waals surface area contributed by atoms with E-state index in [4.69, 9.17) is 5.73 Å². The maximum Gasteiger partial charge on any atom is 0.252 e. The molecule has 0 aliphatic heterocycles. The Morgan fingerprint density at radius 1 is 1.25 bits per heavy atom. The highest BCUT2D eigenvalue weighted by molar-refractivity contribution is 5.93. The molecule has 0 amide bonds. The predicted octanol–water partition coefficient (Wildman–Crippen LogP) is 1.75. The molecule has 0 unspecified atom stereocenters. The van der Waals surface area contributed by atoms with Crippen molar-refractivity contribution in [1.29, 1.82) is 0 Å². The van der Waals surface area contributed by atoms with E-state index in [1.807, 2.05) is 32.0 Å². The fourth-order valence-electron chi connectivity index (χ4n) is 1.73. The predicted molar refractivity (Wildman–Crippen MR) is 80.4 cm³/mol. The lowest BCUT2D eigenvalue weighted by Crippen LogP contribution is -2.22. The van der Waals surface area contributed by atoms with Crippen molar-refractivity contribution in [3.8, 4) is 0 Å². The Bertz CT molecular complexity index is 718. The molecule has 4 N–H and O–H groups in total. The van der Waals surface area contributed by atoms with Crippen molar-refractivity contribution < 1.29 is 0 Å². The normalized spacial score (nSPS) is 11.4. The first-order valence-electron chi connectivity index (χ1n) is 6.20. The van der Waals surface area contributed by atoms with Crippen LogP contribution < -0.4 is 16.6 Å². The lowest BCUT2D eigenvalue weighted by atomic mass is 10.1. The Balaban J connectivity index is 2.22. The summed E-state index contributed by atoms with van der Waals surface area (Å²) in [5, 5.41) is 2.96. The Hall–Kier alpha value is -2.63. The summed E-state index contributed by atoms with van der Waals surface area (Å²) in [7, 11) is 0. The van der Waals surface area contributed by atoms with Crippen LogP contribution in [0, 0.1) is 20.8 Å². The lowest BCUT2D eigenvalue weighted by Gasteiger charge is -2.07. The van der Waals surface area contributed by atoms with Gasteiger partial charge in [-0.1, -0.05) is 6.07 Å². The van der Waals surface area contributed by atoms with E-state index >= 15 is 0 Å². The maximum atomic E-state index is 11.3. The molecule has 20 heavy (non-hydrogen) atoms. The van der Waals surface area contributed by atoms with Gasteiger partial charge in [0.15, 0.2) is 0 Å². The molecule has 0 atom stereocenters. The first-order chi connectivity index (χ1) is 9.44. The number of nitrogens with two attached hydrogens (primary N) is 1. The minimum absolute atomic E-state index is 0.169. The molecular formula is C14H17N5O. The van der Waals surface area contributed by atoms with Gasteiger partial charge in [0.25, 0.3) is 5.56 Å². The van der Waals surface area contributed by atoms with Gasteiger partial charge in [-0.3, -0.25) is 9.78 Å². The van der Waals surface area contributed by atoms with Crippen LogP contribution in [-0.4, -0.2) is 15.9 Å². The van der Waals surface area contributed by atoms with Crippen molar-refractivity contribution in [2.75, 3.05) is 5.32 Å². The van der Waals surface area contributed by atoms with E-state index < -0.39 is 0 Å². The third kappa shape index (κ3) is 3.44. The van der Waals surface area contributed by atoms with Gasteiger partial charge in [-0.15, -0.1) is 0 Å². The van der Waals surface area contributed by atoms with Crippen molar-refractivity contribution in [3.05, 3.63) is 51.4 Å². The number of nitrogens with zero attached hydrogens (tertiary/aromatic N) is 2. The number of rotatable bonds is 2. The Morgan fingerprint density at radius 3 is 2.65 bits per heavy atom. The van der Waals surface area contributed by atoms with E-state index in [0.717, 1.165) is 11.3 Å². The van der Waals surface area contributed by atoms with Crippen LogP contribution in [-0.2, 0) is 0 Å². The number of aromatic amines is 1. The minimum atomic E-state index is -0.254. The van der Waals surface area contributed by atoms with E-state index in [0.29, 0.717) is 5.69 Å². The second-order valence-electron chi connectivity index (χ2n) is 4.63. The molecule has 6 heteroatoms. The minimum Gasteiger partial charge on any atom is -0.369 e. The lowest BCUT2D eigenvalue weighted by molar-refractivity contribution is 1.05. The number of aromatic nitrogens is 2. The number of anilines is 1. The second kappa shape index (κ2) is 5.56. The van der Waals surface area contributed by atoms with Crippen molar-refractivity contribution in [3.63, 3.8) is 0 Å². The smallest absolute Gasteiger partial charge is 0.252 e. The molecule has 6 nitrogen and oxygen atoms in total. The highest BCUT2D eigenvalue weighted by Crippen LogP contribution is 2.14. The number of aryl methyl sites for hydroxylation is 3. The molecule has 0 aliphatic carbocycles. The molecule has 104 valence electrons. The van der Waals surface area contributed by atoms with Crippen LogP contribution in [0.4, 0.5) is 11.6 Å². The zero-order chi connectivity index (χ0) is 14.7. The van der Waals surface area contributed by atoms with Crippen LogP contribution in [0.25, 0.3) is 0 Å². The number of nitrogens with one attached hydrogen (secondary N) is 2. The fraction of sp³-hybridized carbons (Fsp3) is 0.214. The molecule has 1 aromatic heterocycles. The molecule has 0 bridgehead atoms. The number of H-pyrrole nitrogens is 1. The molecule has 2 rings (SSSR count). The van der Waals surface area contributed by atoms with E-state index in [9.17, 15) is 4.79 Å². The molecule has 0 fully saturated rings. The summed E-state index contributed by atoms with van der Waals surface area (Å²) in [6, 6.07) is 7.28. The highest BCUT2D eigenvalue weighted by Gasteiger charge is 2.00. The van der Waals surface area contributed by atoms with Gasteiger partial charge in [-0.25, -0.2) is 4.98 Å². The van der Waals surface area contributed by atoms with Crippen LogP contribution in [0.3, 0.4) is 0 Å². The molecule has 0 spiro atoms. The van der Waals surface area contributed by atoms with Gasteiger partial charge in [-0.05, 0) is 44.0 Å². The van der Waals surface area contributed by atoms with Crippen LogP contribution >= 0.6 is 0 Å². The van der Waals surface area contributed by atoms with Crippen molar-refractivity contribution in [1.82, 2.24) is 9.97 Å². The van der Waals surface area contributed by atoms with Crippen molar-refractivity contribution in [2.24, 2.45) is 10.7 Å². The van der Waals surface area contributed by atoms with Gasteiger partial charge in [0.2, 0.25) is 11.9 Å². The molecule has 0 saturated heterocycles. The first-order valence-corrected chi connectivity index (χ1v) is 6.20. The molecule has 1 aromatic carbocycles. The van der Waals surface area contributed by atoms with Crippen LogP contribution in [0.1, 0.15) is 16.8 Å². The Kier molecular flexibility index (Phi) is 3.84. The SMILES string of the molecule is Cc1cc(=O)[nH]c(/N=C(\N)Nc2ccc(C)c(C)c2)n1. The average Bonchev–Trinajstić information content (AvgIpc) is 2.32. The Morgan fingerprint density at radius 2 is 2.00 bits per heavy atom. The highest BCUT2D eigenvalue weighted by atomic mass is 16.1. The summed E-state index contributed by atoms with van der Waals surface area (Å²) in [5.74, 6) is 0.353. The maximum absolute atomic E-state index is 11.3. The number of guanidine groups is 1. The Labute approximate surface area is 116 Å². The number of aliphatic imine (C=N–C) groups is 1. The third-order valence-electron chi connectivity index (χ3n) is 2.86. The summed E-state index contributed by atoms with van der Waals surface area (Å²) in [6.45, 7) is 5.78. The summed E-state index contributed by atoms with van der Waals surface area (Å²) in [4.78, 5) is 21.9. The molecule has 0 saturated carbocycles. The van der Waals surface area contributed by atoms with Crippen LogP contribution in [0.15, 0.2) is 34.1 Å². The van der Waals surface area contributed by atoms with Gasteiger partial charge in [0.05, 0.1) is 0 Å². The number of benzene rings is 1. The van der Waals surface area contributed by atoms with Crippen molar-refractivity contribution in [2.45, 2.75) is 20.8 Å². The van der Waals surface area contributed by atoms with Crippen molar-refractivity contribution >= 4 is 17.6 Å². The largest absolute Gasteiger partial charge is 0.369 e. The fourth-order valence-corrected chi connectivity index (χ4v) is 1.73. The summed E-state index contributed by atoms with van der Waals surface area (Å²) >= 11 is 0. The van der Waals surface area contributed by atoms with E-state index in [1.165, 1.54) is 11.6 Å². The second-order valence-corrected chi connectivity index (χ2v) is 4.63. The summed E-state index contributed by atoms with van der Waals surface area (Å²) in [5.41, 5.74) is 9.34. The number of hydrogen-bond acceptors (Lipinski definition) is 3. The quantitative estimate of drug-likeness (QED) is 0.572. The molecule has 2 aromatic rings. The summed E-state index contributed by atoms with van der Waals surface area (Å²) < 4.78 is 0. The van der Waals surface area contributed by atoms with Gasteiger partial charge in [0, 0.05) is 17.4 Å². The van der Waals surface area contributed by atoms with Crippen LogP contribution in [0.5, 0.6) is 0 Å². The molecule has 0 aliphatic rings. The topological polar surface area (TPSA) is 96.2 Å². The molecular weight excluding hydrogens is 254 g/mol. The zero-order valence-electron chi connectivity index (χ0n) is 11.7. The molecule has 1 heterocycles. The van der Waals surface area contributed by atoms with Gasteiger partial charge in [-0.2, -0.15) is 4.99 Å². The van der Waals surface area contributed by atoms with Gasteiger partial charge in [0.1, 0.15) is 0 Å². The number of hydrogen-bond donors (Lipinski definition) is 3. The van der Waals surface area contributed by atoms with Gasteiger partial charge < -0.3 is 11.1 Å². The third-order valence-corrected chi connectivity index (χ3v) is 2.86. The monoisotopic (exact) mass is 271 g/mol. The van der Waals surface area contributed by atoms with E-state index in [-0.39, 0.29) is 17.5 Å². The van der Waals surface area contributed by atoms with E-state index in [1.54, 1.807) is 6.92 Å². The van der Waals surface area contributed by atoms with E-state index in [2.05, 4.69) is 20.3 Å². The molecule has 0 radical (unpaired) electrons. The first kappa shape index (κ1) is 13.8. The zero-order valence-corrected chi connectivity index (χ0v) is 11.7. The van der Waals surface area contributed by atoms with Crippen LogP contribution in [0.2, 0.25) is 0 Å². The average molecular weight is 271 g/mol.